The maximum absolute atomic E-state index is 12.4. The van der Waals surface area contributed by atoms with E-state index in [0.29, 0.717) is 16.9 Å². The van der Waals surface area contributed by atoms with Gasteiger partial charge in [-0.1, -0.05) is 24.6 Å². The van der Waals surface area contributed by atoms with Crippen molar-refractivity contribution in [2.75, 3.05) is 26.7 Å². The topological polar surface area (TPSA) is 36.4 Å². The van der Waals surface area contributed by atoms with Crippen LogP contribution in [0.1, 0.15) is 36.7 Å². The van der Waals surface area contributed by atoms with E-state index >= 15 is 0 Å². The summed E-state index contributed by atoms with van der Waals surface area (Å²) in [5.41, 5.74) is 0.427. The van der Waals surface area contributed by atoms with E-state index in [4.69, 9.17) is 11.6 Å². The predicted molar refractivity (Wildman–Crippen MR) is 81.1 cm³/mol. The number of piperidine rings is 1. The van der Waals surface area contributed by atoms with E-state index in [1.807, 2.05) is 11.9 Å². The molecule has 1 aliphatic heterocycles. The zero-order valence-electron chi connectivity index (χ0n) is 12.2. The molecule has 110 valence electrons. The fourth-order valence-corrected chi connectivity index (χ4v) is 2.88. The van der Waals surface area contributed by atoms with Gasteiger partial charge in [-0.25, -0.2) is 4.98 Å². The van der Waals surface area contributed by atoms with Crippen LogP contribution in [0.2, 0.25) is 5.15 Å². The molecule has 0 bridgehead atoms. The smallest absolute Gasteiger partial charge is 0.272 e. The number of aromatic nitrogens is 1. The minimum atomic E-state index is -0.0403. The van der Waals surface area contributed by atoms with Gasteiger partial charge in [0.05, 0.1) is 0 Å². The minimum Gasteiger partial charge on any atom is -0.337 e. The Hall–Kier alpha value is -1.13. The lowest BCUT2D eigenvalue weighted by Crippen LogP contribution is -2.45. The summed E-state index contributed by atoms with van der Waals surface area (Å²) in [6.45, 7) is 5.49. The van der Waals surface area contributed by atoms with E-state index in [2.05, 4.69) is 16.8 Å². The van der Waals surface area contributed by atoms with Gasteiger partial charge in [-0.15, -0.1) is 0 Å². The van der Waals surface area contributed by atoms with Crippen LogP contribution in [-0.2, 0) is 0 Å². The van der Waals surface area contributed by atoms with Crippen molar-refractivity contribution in [1.82, 2.24) is 14.8 Å². The number of halogens is 1. The van der Waals surface area contributed by atoms with Crippen LogP contribution in [0.4, 0.5) is 0 Å². The number of carbonyl (C=O) groups is 1. The molecule has 2 heterocycles. The first-order valence-corrected chi connectivity index (χ1v) is 7.61. The second kappa shape index (κ2) is 7.04. The molecule has 0 radical (unpaired) electrons. The van der Waals surface area contributed by atoms with Crippen molar-refractivity contribution in [3.8, 4) is 0 Å². The van der Waals surface area contributed by atoms with Gasteiger partial charge in [-0.05, 0) is 37.9 Å². The van der Waals surface area contributed by atoms with Gasteiger partial charge in [0.25, 0.3) is 5.91 Å². The second-order valence-corrected chi connectivity index (χ2v) is 5.72. The Balaban J connectivity index is 1.95. The summed E-state index contributed by atoms with van der Waals surface area (Å²) in [5.74, 6) is -0.0403. The van der Waals surface area contributed by atoms with Crippen molar-refractivity contribution in [3.05, 3.63) is 29.0 Å². The Kier molecular flexibility index (Phi) is 5.38. The molecular weight excluding hydrogens is 274 g/mol. The van der Waals surface area contributed by atoms with E-state index in [0.717, 1.165) is 32.5 Å². The van der Waals surface area contributed by atoms with Gasteiger partial charge in [0.1, 0.15) is 10.8 Å². The van der Waals surface area contributed by atoms with Crippen LogP contribution in [0, 0.1) is 0 Å². The summed E-state index contributed by atoms with van der Waals surface area (Å²) in [6, 6.07) is 5.47. The third kappa shape index (κ3) is 3.70. The highest BCUT2D eigenvalue weighted by atomic mass is 35.5. The summed E-state index contributed by atoms with van der Waals surface area (Å²) in [4.78, 5) is 20.8. The SMILES string of the molecule is CCCN1CCC(N(C)C(=O)c2cccc(Cl)n2)CC1. The maximum Gasteiger partial charge on any atom is 0.272 e. The molecule has 1 aromatic rings. The van der Waals surface area contributed by atoms with Crippen molar-refractivity contribution >= 4 is 17.5 Å². The summed E-state index contributed by atoms with van der Waals surface area (Å²) in [7, 11) is 1.87. The lowest BCUT2D eigenvalue weighted by molar-refractivity contribution is 0.0637. The fraction of sp³-hybridized carbons (Fsp3) is 0.600. The average molecular weight is 296 g/mol. The molecule has 0 aromatic carbocycles. The molecule has 5 heteroatoms. The Morgan fingerprint density at radius 1 is 1.45 bits per heavy atom. The van der Waals surface area contributed by atoms with E-state index in [-0.39, 0.29) is 5.91 Å². The maximum atomic E-state index is 12.4. The quantitative estimate of drug-likeness (QED) is 0.801. The largest absolute Gasteiger partial charge is 0.337 e. The van der Waals surface area contributed by atoms with Gasteiger partial charge >= 0.3 is 0 Å². The molecule has 0 atom stereocenters. The highest BCUT2D eigenvalue weighted by molar-refractivity contribution is 6.29. The summed E-state index contributed by atoms with van der Waals surface area (Å²) >= 11 is 5.84. The Bertz CT molecular complexity index is 458. The van der Waals surface area contributed by atoms with E-state index < -0.39 is 0 Å². The third-order valence-electron chi connectivity index (χ3n) is 3.90. The normalized spacial score (nSPS) is 17.1. The standard InChI is InChI=1S/C15H22ClN3O/c1-3-9-19-10-7-12(8-11-19)18(2)15(20)13-5-4-6-14(16)17-13/h4-6,12H,3,7-11H2,1-2H3. The van der Waals surface area contributed by atoms with Crippen LogP contribution in [-0.4, -0.2) is 53.4 Å². The first kappa shape index (κ1) is 15.3. The molecule has 4 nitrogen and oxygen atoms in total. The number of rotatable bonds is 4. The van der Waals surface area contributed by atoms with Crippen LogP contribution < -0.4 is 0 Å². The van der Waals surface area contributed by atoms with Crippen LogP contribution in [0.25, 0.3) is 0 Å². The molecule has 0 saturated carbocycles. The number of pyridine rings is 1. The lowest BCUT2D eigenvalue weighted by atomic mass is 10.0. The van der Waals surface area contributed by atoms with Gasteiger partial charge in [-0.3, -0.25) is 4.79 Å². The third-order valence-corrected chi connectivity index (χ3v) is 4.11. The molecule has 2 rings (SSSR count). The van der Waals surface area contributed by atoms with Crippen LogP contribution in [0.3, 0.4) is 0 Å². The van der Waals surface area contributed by atoms with Crippen LogP contribution in [0.5, 0.6) is 0 Å². The van der Waals surface area contributed by atoms with Crippen LogP contribution >= 0.6 is 11.6 Å². The summed E-state index contributed by atoms with van der Waals surface area (Å²) in [6.07, 6.45) is 3.25. The number of likely N-dealkylation sites (tertiary alicyclic amines) is 1. The number of carbonyl (C=O) groups excluding carboxylic acids is 1. The molecule has 1 aromatic heterocycles. The summed E-state index contributed by atoms with van der Waals surface area (Å²) < 4.78 is 0. The van der Waals surface area contributed by atoms with Crippen molar-refractivity contribution in [1.29, 1.82) is 0 Å². The first-order chi connectivity index (χ1) is 9.61. The number of hydrogen-bond donors (Lipinski definition) is 0. The Labute approximate surface area is 125 Å². The van der Waals surface area contributed by atoms with Gasteiger partial charge in [-0.2, -0.15) is 0 Å². The molecule has 0 spiro atoms. The zero-order chi connectivity index (χ0) is 14.5. The van der Waals surface area contributed by atoms with Gasteiger partial charge in [0.2, 0.25) is 0 Å². The number of nitrogens with zero attached hydrogens (tertiary/aromatic N) is 3. The van der Waals surface area contributed by atoms with Gasteiger partial charge in [0.15, 0.2) is 0 Å². The zero-order valence-corrected chi connectivity index (χ0v) is 12.9. The average Bonchev–Trinajstić information content (AvgIpc) is 2.47. The molecule has 0 aliphatic carbocycles. The number of amides is 1. The molecule has 1 aliphatic rings. The van der Waals surface area contributed by atoms with Crippen molar-refractivity contribution in [2.24, 2.45) is 0 Å². The highest BCUT2D eigenvalue weighted by Crippen LogP contribution is 2.17. The van der Waals surface area contributed by atoms with Gasteiger partial charge < -0.3 is 9.80 Å². The minimum absolute atomic E-state index is 0.0403. The molecule has 0 N–H and O–H groups in total. The van der Waals surface area contributed by atoms with Crippen molar-refractivity contribution in [3.63, 3.8) is 0 Å². The monoisotopic (exact) mass is 295 g/mol. The Morgan fingerprint density at radius 3 is 2.75 bits per heavy atom. The highest BCUT2D eigenvalue weighted by Gasteiger charge is 2.26. The predicted octanol–water partition coefficient (Wildman–Crippen LogP) is 2.68. The molecule has 1 fully saturated rings. The fourth-order valence-electron chi connectivity index (χ4n) is 2.72. The van der Waals surface area contributed by atoms with E-state index in [9.17, 15) is 4.79 Å². The van der Waals surface area contributed by atoms with E-state index in [1.54, 1.807) is 18.2 Å². The molecule has 20 heavy (non-hydrogen) atoms. The molecule has 1 saturated heterocycles. The molecule has 0 unspecified atom stereocenters. The van der Waals surface area contributed by atoms with Gasteiger partial charge in [0, 0.05) is 26.2 Å². The lowest BCUT2D eigenvalue weighted by Gasteiger charge is -2.36. The first-order valence-electron chi connectivity index (χ1n) is 7.24. The Morgan fingerprint density at radius 2 is 2.15 bits per heavy atom. The second-order valence-electron chi connectivity index (χ2n) is 5.33. The molecular formula is C15H22ClN3O. The van der Waals surface area contributed by atoms with E-state index in [1.165, 1.54) is 6.42 Å². The van der Waals surface area contributed by atoms with Crippen molar-refractivity contribution < 1.29 is 4.79 Å². The summed E-state index contributed by atoms with van der Waals surface area (Å²) in [5, 5.41) is 0.363. The van der Waals surface area contributed by atoms with Crippen molar-refractivity contribution in [2.45, 2.75) is 32.2 Å². The number of hydrogen-bond acceptors (Lipinski definition) is 3. The molecule has 1 amide bonds. The van der Waals surface area contributed by atoms with Crippen LogP contribution in [0.15, 0.2) is 18.2 Å².